The Labute approximate surface area is 146 Å². The normalized spacial score (nSPS) is 10.9. The Morgan fingerprint density at radius 3 is 1.75 bits per heavy atom. The van der Waals surface area contributed by atoms with Gasteiger partial charge in [-0.15, -0.1) is 0 Å². The summed E-state index contributed by atoms with van der Waals surface area (Å²) in [6.07, 6.45) is 4.71. The lowest BCUT2D eigenvalue weighted by Crippen LogP contribution is -2.14. The van der Waals surface area contributed by atoms with Crippen LogP contribution in [0.4, 0.5) is 5.69 Å². The molecule has 0 saturated carbocycles. The Morgan fingerprint density at radius 1 is 0.625 bits per heavy atom. The van der Waals surface area contributed by atoms with E-state index in [2.05, 4.69) is 72.8 Å². The van der Waals surface area contributed by atoms with Gasteiger partial charge in [0.05, 0.1) is 0 Å². The van der Waals surface area contributed by atoms with Gasteiger partial charge in [0.2, 0.25) is 0 Å². The SMILES string of the molecule is Nc1ccccc1CCCCP(c1ccccc1)c1ccccc1. The second kappa shape index (κ2) is 8.66. The van der Waals surface area contributed by atoms with E-state index in [0.29, 0.717) is 0 Å². The van der Waals surface area contributed by atoms with Crippen LogP contribution < -0.4 is 16.3 Å². The minimum Gasteiger partial charge on any atom is -0.399 e. The summed E-state index contributed by atoms with van der Waals surface area (Å²) in [5, 5.41) is 2.94. The van der Waals surface area contributed by atoms with Gasteiger partial charge in [0.25, 0.3) is 0 Å². The molecule has 1 nitrogen and oxygen atoms in total. The van der Waals surface area contributed by atoms with Crippen molar-refractivity contribution in [2.75, 3.05) is 11.9 Å². The standard InChI is InChI=1S/C22H24NP/c23-22-17-8-7-11-19(22)12-9-10-18-24(20-13-3-1-4-14-20)21-15-5-2-6-16-21/h1-8,11,13-17H,9-10,12,18,23H2. The van der Waals surface area contributed by atoms with Crippen LogP contribution in [0.1, 0.15) is 18.4 Å². The fourth-order valence-electron chi connectivity index (χ4n) is 2.97. The summed E-state index contributed by atoms with van der Waals surface area (Å²) in [4.78, 5) is 0. The molecule has 3 aromatic carbocycles. The van der Waals surface area contributed by atoms with Crippen LogP contribution in [0.5, 0.6) is 0 Å². The first-order valence-corrected chi connectivity index (χ1v) is 10.1. The van der Waals surface area contributed by atoms with E-state index >= 15 is 0 Å². The van der Waals surface area contributed by atoms with Crippen LogP contribution in [-0.2, 0) is 6.42 Å². The smallest absolute Gasteiger partial charge is 0.0346 e. The molecule has 122 valence electrons. The highest BCUT2D eigenvalue weighted by molar-refractivity contribution is 7.73. The summed E-state index contributed by atoms with van der Waals surface area (Å²) in [6, 6.07) is 30.1. The first kappa shape index (κ1) is 16.7. The van der Waals surface area contributed by atoms with Crippen LogP contribution in [0.3, 0.4) is 0 Å². The maximum absolute atomic E-state index is 6.05. The molecule has 0 heterocycles. The minimum atomic E-state index is -0.270. The molecule has 2 heteroatoms. The highest BCUT2D eigenvalue weighted by Crippen LogP contribution is 2.34. The third-order valence-electron chi connectivity index (χ3n) is 4.27. The highest BCUT2D eigenvalue weighted by Gasteiger charge is 2.12. The molecule has 0 saturated heterocycles. The lowest BCUT2D eigenvalue weighted by atomic mass is 10.1. The molecule has 0 radical (unpaired) electrons. The van der Waals surface area contributed by atoms with Crippen LogP contribution in [-0.4, -0.2) is 6.16 Å². The largest absolute Gasteiger partial charge is 0.399 e. The number of benzene rings is 3. The number of aryl methyl sites for hydroxylation is 1. The van der Waals surface area contributed by atoms with Gasteiger partial charge in [0.15, 0.2) is 0 Å². The number of nitrogen functional groups attached to an aromatic ring is 1. The number of nitrogens with two attached hydrogens (primary N) is 1. The van der Waals surface area contributed by atoms with Crippen molar-refractivity contribution < 1.29 is 0 Å². The maximum atomic E-state index is 6.05. The molecule has 0 spiro atoms. The van der Waals surface area contributed by atoms with Crippen molar-refractivity contribution >= 4 is 24.2 Å². The molecule has 0 unspecified atom stereocenters. The Hall–Kier alpha value is -2.11. The Bertz CT molecular complexity index is 701. The zero-order chi connectivity index (χ0) is 16.6. The number of unbranched alkanes of at least 4 members (excludes halogenated alkanes) is 1. The minimum absolute atomic E-state index is 0.270. The lowest BCUT2D eigenvalue weighted by Gasteiger charge is -2.18. The van der Waals surface area contributed by atoms with Gasteiger partial charge in [0.1, 0.15) is 0 Å². The van der Waals surface area contributed by atoms with E-state index in [1.54, 1.807) is 0 Å². The molecule has 3 aromatic rings. The number of hydrogen-bond acceptors (Lipinski definition) is 1. The van der Waals surface area contributed by atoms with Crippen molar-refractivity contribution in [1.29, 1.82) is 0 Å². The molecule has 0 aromatic heterocycles. The summed E-state index contributed by atoms with van der Waals surface area (Å²) >= 11 is 0. The molecular weight excluding hydrogens is 309 g/mol. The Morgan fingerprint density at radius 2 is 1.17 bits per heavy atom. The van der Waals surface area contributed by atoms with E-state index in [0.717, 1.165) is 12.1 Å². The molecular formula is C22H24NP. The van der Waals surface area contributed by atoms with Gasteiger partial charge in [-0.2, -0.15) is 0 Å². The van der Waals surface area contributed by atoms with Gasteiger partial charge in [0, 0.05) is 5.69 Å². The van der Waals surface area contributed by atoms with E-state index in [1.165, 1.54) is 35.2 Å². The van der Waals surface area contributed by atoms with Crippen molar-refractivity contribution in [3.63, 3.8) is 0 Å². The summed E-state index contributed by atoms with van der Waals surface area (Å²) in [7, 11) is -0.270. The average molecular weight is 333 g/mol. The monoisotopic (exact) mass is 333 g/mol. The van der Waals surface area contributed by atoms with Gasteiger partial charge >= 0.3 is 0 Å². The Balaban J connectivity index is 1.64. The lowest BCUT2D eigenvalue weighted by molar-refractivity contribution is 0.802. The van der Waals surface area contributed by atoms with E-state index in [9.17, 15) is 0 Å². The quantitative estimate of drug-likeness (QED) is 0.378. The predicted octanol–water partition coefficient (Wildman–Crippen LogP) is 4.72. The molecule has 0 atom stereocenters. The summed E-state index contributed by atoms with van der Waals surface area (Å²) in [6.45, 7) is 0. The number of anilines is 1. The highest BCUT2D eigenvalue weighted by atomic mass is 31.1. The van der Waals surface area contributed by atoms with Crippen molar-refractivity contribution in [2.45, 2.75) is 19.3 Å². The molecule has 24 heavy (non-hydrogen) atoms. The van der Waals surface area contributed by atoms with Crippen molar-refractivity contribution in [3.05, 3.63) is 90.5 Å². The fourth-order valence-corrected chi connectivity index (χ4v) is 5.39. The van der Waals surface area contributed by atoms with E-state index in [4.69, 9.17) is 5.73 Å². The second-order valence-electron chi connectivity index (χ2n) is 5.98. The van der Waals surface area contributed by atoms with Crippen LogP contribution >= 0.6 is 7.92 Å². The number of hydrogen-bond donors (Lipinski definition) is 1. The van der Waals surface area contributed by atoms with Crippen molar-refractivity contribution in [3.8, 4) is 0 Å². The molecule has 2 N–H and O–H groups in total. The van der Waals surface area contributed by atoms with E-state index in [-0.39, 0.29) is 7.92 Å². The molecule has 0 aliphatic carbocycles. The topological polar surface area (TPSA) is 26.0 Å². The summed E-state index contributed by atoms with van der Waals surface area (Å²) < 4.78 is 0. The first-order valence-electron chi connectivity index (χ1n) is 8.55. The maximum Gasteiger partial charge on any atom is 0.0346 e. The predicted molar refractivity (Wildman–Crippen MR) is 108 cm³/mol. The van der Waals surface area contributed by atoms with E-state index in [1.807, 2.05) is 12.1 Å². The van der Waals surface area contributed by atoms with Gasteiger partial charge in [-0.05, 0) is 55.6 Å². The molecule has 3 rings (SSSR count). The van der Waals surface area contributed by atoms with Crippen molar-refractivity contribution in [2.24, 2.45) is 0 Å². The van der Waals surface area contributed by atoms with Gasteiger partial charge in [-0.25, -0.2) is 0 Å². The fraction of sp³-hybridized carbons (Fsp3) is 0.182. The third kappa shape index (κ3) is 4.46. The zero-order valence-electron chi connectivity index (χ0n) is 13.9. The van der Waals surface area contributed by atoms with Crippen LogP contribution in [0.25, 0.3) is 0 Å². The van der Waals surface area contributed by atoms with E-state index < -0.39 is 0 Å². The number of rotatable bonds is 7. The first-order chi connectivity index (χ1) is 11.8. The van der Waals surface area contributed by atoms with Gasteiger partial charge in [-0.3, -0.25) is 0 Å². The van der Waals surface area contributed by atoms with Crippen LogP contribution in [0.2, 0.25) is 0 Å². The van der Waals surface area contributed by atoms with Crippen LogP contribution in [0.15, 0.2) is 84.9 Å². The summed E-state index contributed by atoms with van der Waals surface area (Å²) in [5.74, 6) is 0. The zero-order valence-corrected chi connectivity index (χ0v) is 14.8. The van der Waals surface area contributed by atoms with Gasteiger partial charge in [-0.1, -0.05) is 78.9 Å². The van der Waals surface area contributed by atoms with Gasteiger partial charge < -0.3 is 5.73 Å². The molecule has 0 aliphatic heterocycles. The van der Waals surface area contributed by atoms with Crippen LogP contribution in [0, 0.1) is 0 Å². The molecule has 0 bridgehead atoms. The summed E-state index contributed by atoms with van der Waals surface area (Å²) in [5.41, 5.74) is 8.25. The molecule has 0 amide bonds. The third-order valence-corrected chi connectivity index (χ3v) is 6.88. The molecule has 0 fully saturated rings. The Kier molecular flexibility index (Phi) is 6.04. The second-order valence-corrected chi connectivity index (χ2v) is 8.31. The molecule has 0 aliphatic rings. The average Bonchev–Trinajstić information content (AvgIpc) is 2.64. The number of para-hydroxylation sites is 1. The van der Waals surface area contributed by atoms with Crippen molar-refractivity contribution in [1.82, 2.24) is 0 Å².